The maximum atomic E-state index is 4.93. The molecule has 1 aromatic rings. The van der Waals surface area contributed by atoms with Crippen LogP contribution in [0.5, 0.6) is 0 Å². The number of hydrogen-bond donors (Lipinski definition) is 1. The monoisotopic (exact) mass is 231 g/mol. The molecule has 3 fully saturated rings. The highest BCUT2D eigenvalue weighted by molar-refractivity contribution is 5.24. The summed E-state index contributed by atoms with van der Waals surface area (Å²) in [5.74, 6) is 1.63. The van der Waals surface area contributed by atoms with Crippen LogP contribution >= 0.6 is 0 Å². The molecule has 0 spiro atoms. The molecule has 2 aliphatic carbocycles. The molecular weight excluding hydrogens is 210 g/mol. The summed E-state index contributed by atoms with van der Waals surface area (Å²) in [5, 5.41) is 8.45. The molecule has 1 N–H and O–H groups in total. The van der Waals surface area contributed by atoms with Crippen molar-refractivity contribution < 1.29 is 0 Å². The molecule has 3 nitrogen and oxygen atoms in total. The van der Waals surface area contributed by atoms with Crippen LogP contribution < -0.4 is 5.32 Å². The summed E-state index contributed by atoms with van der Waals surface area (Å²) in [6.07, 6.45) is 8.10. The molecule has 1 aliphatic heterocycles. The van der Waals surface area contributed by atoms with Crippen molar-refractivity contribution in [3.8, 4) is 0 Å². The molecule has 3 heteroatoms. The molecule has 2 heterocycles. The van der Waals surface area contributed by atoms with E-state index in [2.05, 4.69) is 16.1 Å². The van der Waals surface area contributed by atoms with Gasteiger partial charge in [-0.2, -0.15) is 5.10 Å². The van der Waals surface area contributed by atoms with E-state index in [0.717, 1.165) is 18.4 Å². The first-order valence-corrected chi connectivity index (χ1v) is 7.22. The van der Waals surface area contributed by atoms with Crippen molar-refractivity contribution in [1.29, 1.82) is 0 Å². The molecule has 3 aliphatic rings. The van der Waals surface area contributed by atoms with Gasteiger partial charge in [-0.1, -0.05) is 0 Å². The summed E-state index contributed by atoms with van der Waals surface area (Å²) in [4.78, 5) is 0. The Morgan fingerprint density at radius 2 is 1.94 bits per heavy atom. The predicted octanol–water partition coefficient (Wildman–Crippen LogP) is 2.56. The predicted molar refractivity (Wildman–Crippen MR) is 67.3 cm³/mol. The molecule has 4 rings (SSSR count). The van der Waals surface area contributed by atoms with Crippen molar-refractivity contribution in [2.45, 2.75) is 56.4 Å². The fraction of sp³-hybridized carbons (Fsp3) is 0.786. The third kappa shape index (κ3) is 1.90. The normalized spacial score (nSPS) is 29.5. The molecule has 1 saturated heterocycles. The van der Waals surface area contributed by atoms with E-state index >= 15 is 0 Å². The van der Waals surface area contributed by atoms with Gasteiger partial charge in [0.1, 0.15) is 0 Å². The molecule has 1 aromatic heterocycles. The van der Waals surface area contributed by atoms with Crippen LogP contribution in [-0.4, -0.2) is 22.9 Å². The summed E-state index contributed by atoms with van der Waals surface area (Å²) in [6, 6.07) is 3.04. The minimum absolute atomic E-state index is 0.617. The first-order chi connectivity index (χ1) is 8.42. The van der Waals surface area contributed by atoms with E-state index < -0.39 is 0 Å². The highest BCUT2D eigenvalue weighted by atomic mass is 15.3. The van der Waals surface area contributed by atoms with E-state index in [1.165, 1.54) is 50.8 Å². The van der Waals surface area contributed by atoms with Crippen LogP contribution in [0.15, 0.2) is 6.07 Å². The smallest absolute Gasteiger partial charge is 0.0658 e. The van der Waals surface area contributed by atoms with Crippen molar-refractivity contribution in [3.63, 3.8) is 0 Å². The van der Waals surface area contributed by atoms with Gasteiger partial charge in [0.2, 0.25) is 0 Å². The van der Waals surface area contributed by atoms with Gasteiger partial charge in [0, 0.05) is 24.1 Å². The molecule has 0 bridgehead atoms. The summed E-state index contributed by atoms with van der Waals surface area (Å²) < 4.78 is 2.39. The molecule has 0 unspecified atom stereocenters. The number of hydrogen-bond acceptors (Lipinski definition) is 2. The number of piperidine rings is 1. The second-order valence-electron chi connectivity index (χ2n) is 5.99. The molecule has 92 valence electrons. The third-order valence-corrected chi connectivity index (χ3v) is 4.39. The zero-order valence-electron chi connectivity index (χ0n) is 10.4. The van der Waals surface area contributed by atoms with Crippen molar-refractivity contribution in [1.82, 2.24) is 15.1 Å². The minimum Gasteiger partial charge on any atom is -0.315 e. The van der Waals surface area contributed by atoms with Crippen LogP contribution in [0.4, 0.5) is 0 Å². The van der Waals surface area contributed by atoms with Crippen molar-refractivity contribution in [2.24, 2.45) is 0 Å². The van der Waals surface area contributed by atoms with E-state index in [0.29, 0.717) is 6.04 Å². The van der Waals surface area contributed by atoms with Crippen molar-refractivity contribution in [2.75, 3.05) is 13.1 Å². The molecular formula is C14H21N3. The average molecular weight is 231 g/mol. The van der Waals surface area contributed by atoms with Gasteiger partial charge in [-0.05, 0) is 51.1 Å². The Bertz CT molecular complexity index is 409. The van der Waals surface area contributed by atoms with Gasteiger partial charge in [-0.25, -0.2) is 0 Å². The van der Waals surface area contributed by atoms with Crippen LogP contribution in [0.25, 0.3) is 0 Å². The van der Waals surface area contributed by atoms with Crippen molar-refractivity contribution in [3.05, 3.63) is 17.5 Å². The summed E-state index contributed by atoms with van der Waals surface area (Å²) in [7, 11) is 0. The lowest BCUT2D eigenvalue weighted by atomic mass is 10.1. The Balaban J connectivity index is 1.65. The van der Waals surface area contributed by atoms with Crippen LogP contribution in [0.2, 0.25) is 0 Å². The maximum Gasteiger partial charge on any atom is 0.0658 e. The van der Waals surface area contributed by atoms with Gasteiger partial charge in [-0.15, -0.1) is 0 Å². The quantitative estimate of drug-likeness (QED) is 0.866. The lowest BCUT2D eigenvalue weighted by Crippen LogP contribution is -2.32. The third-order valence-electron chi connectivity index (χ3n) is 4.39. The first kappa shape index (κ1) is 10.1. The Kier molecular flexibility index (Phi) is 2.29. The van der Waals surface area contributed by atoms with Gasteiger partial charge >= 0.3 is 0 Å². The topological polar surface area (TPSA) is 29.9 Å². The number of rotatable bonds is 3. The van der Waals surface area contributed by atoms with E-state index in [1.807, 2.05) is 0 Å². The second kappa shape index (κ2) is 3.84. The SMILES string of the molecule is c1c(C2CC2)nn([C@H]2CCCNC2)c1C1CC1. The van der Waals surface area contributed by atoms with Crippen LogP contribution in [0.1, 0.15) is 67.8 Å². The van der Waals surface area contributed by atoms with E-state index in [-0.39, 0.29) is 0 Å². The molecule has 0 amide bonds. The number of aromatic nitrogens is 2. The second-order valence-corrected chi connectivity index (χ2v) is 5.99. The molecule has 0 aromatic carbocycles. The highest BCUT2D eigenvalue weighted by Gasteiger charge is 2.34. The van der Waals surface area contributed by atoms with Crippen LogP contribution in [0, 0.1) is 0 Å². The minimum atomic E-state index is 0.617. The highest BCUT2D eigenvalue weighted by Crippen LogP contribution is 2.45. The fourth-order valence-electron chi connectivity index (χ4n) is 3.03. The Morgan fingerprint density at radius 3 is 2.59 bits per heavy atom. The molecule has 1 atom stereocenters. The average Bonchev–Trinajstić information content (AvgIpc) is 3.28. The largest absolute Gasteiger partial charge is 0.315 e. The van der Waals surface area contributed by atoms with Gasteiger partial charge in [0.15, 0.2) is 0 Å². The Hall–Kier alpha value is -0.830. The zero-order valence-corrected chi connectivity index (χ0v) is 10.4. The lowest BCUT2D eigenvalue weighted by Gasteiger charge is -2.25. The number of nitrogens with one attached hydrogen (secondary N) is 1. The summed E-state index contributed by atoms with van der Waals surface area (Å²) in [6.45, 7) is 2.30. The zero-order chi connectivity index (χ0) is 11.2. The van der Waals surface area contributed by atoms with E-state index in [1.54, 1.807) is 5.69 Å². The van der Waals surface area contributed by atoms with Crippen molar-refractivity contribution >= 4 is 0 Å². The van der Waals surface area contributed by atoms with Crippen LogP contribution in [0.3, 0.4) is 0 Å². The maximum absolute atomic E-state index is 4.93. The lowest BCUT2D eigenvalue weighted by molar-refractivity contribution is 0.337. The van der Waals surface area contributed by atoms with Crippen LogP contribution in [-0.2, 0) is 0 Å². The summed E-state index contributed by atoms with van der Waals surface area (Å²) in [5.41, 5.74) is 2.93. The summed E-state index contributed by atoms with van der Waals surface area (Å²) >= 11 is 0. The van der Waals surface area contributed by atoms with Gasteiger partial charge in [-0.3, -0.25) is 4.68 Å². The molecule has 17 heavy (non-hydrogen) atoms. The van der Waals surface area contributed by atoms with E-state index in [4.69, 9.17) is 5.10 Å². The molecule has 0 radical (unpaired) electrons. The Morgan fingerprint density at radius 1 is 1.12 bits per heavy atom. The standard InChI is InChI=1S/C14H21N3/c1-2-12(9-15-7-1)17-14(11-5-6-11)8-13(16-17)10-3-4-10/h8,10-12,15H,1-7,9H2/t12-/m0/s1. The molecule has 2 saturated carbocycles. The fourth-order valence-corrected chi connectivity index (χ4v) is 3.03. The van der Waals surface area contributed by atoms with Gasteiger partial charge in [0.25, 0.3) is 0 Å². The van der Waals surface area contributed by atoms with Gasteiger partial charge in [0.05, 0.1) is 11.7 Å². The first-order valence-electron chi connectivity index (χ1n) is 7.22. The Labute approximate surface area is 103 Å². The van der Waals surface area contributed by atoms with E-state index in [9.17, 15) is 0 Å². The van der Waals surface area contributed by atoms with Gasteiger partial charge < -0.3 is 5.32 Å². The number of nitrogens with zero attached hydrogens (tertiary/aromatic N) is 2.